The van der Waals surface area contributed by atoms with Crippen LogP contribution in [0.25, 0.3) is 0 Å². The van der Waals surface area contributed by atoms with Gasteiger partial charge < -0.3 is 20.9 Å². The minimum atomic E-state index is 0.00454. The van der Waals surface area contributed by atoms with Crippen LogP contribution in [0.4, 0.5) is 5.82 Å². The molecule has 4 N–H and O–H groups in total. The number of benzene rings is 1. The van der Waals surface area contributed by atoms with Crippen LogP contribution in [0, 0.1) is 0 Å². The minimum Gasteiger partial charge on any atom is -0.493 e. The summed E-state index contributed by atoms with van der Waals surface area (Å²) in [4.78, 5) is 3.98. The summed E-state index contributed by atoms with van der Waals surface area (Å²) in [6.07, 6.45) is 3.21. The number of nitrogens with zero attached hydrogens (tertiary/aromatic N) is 1. The monoisotopic (exact) mass is 287 g/mol. The molecule has 0 aliphatic rings. The topological polar surface area (TPSA) is 83.4 Å². The molecule has 1 heterocycles. The summed E-state index contributed by atoms with van der Waals surface area (Å²) < 4.78 is 10.5. The average molecular weight is 287 g/mol. The zero-order valence-corrected chi connectivity index (χ0v) is 12.4. The summed E-state index contributed by atoms with van der Waals surface area (Å²) in [5, 5.41) is 0. The molecule has 0 amide bonds. The third kappa shape index (κ3) is 4.10. The van der Waals surface area contributed by atoms with E-state index >= 15 is 0 Å². The molecule has 5 nitrogen and oxygen atoms in total. The zero-order chi connectivity index (χ0) is 15.2. The van der Waals surface area contributed by atoms with Gasteiger partial charge in [-0.25, -0.2) is 4.98 Å². The molecule has 1 aromatic heterocycles. The van der Waals surface area contributed by atoms with E-state index in [4.69, 9.17) is 20.9 Å². The van der Waals surface area contributed by atoms with Gasteiger partial charge in [0.2, 0.25) is 0 Å². The van der Waals surface area contributed by atoms with Crippen molar-refractivity contribution in [2.75, 3.05) is 20.0 Å². The van der Waals surface area contributed by atoms with Crippen LogP contribution < -0.4 is 20.9 Å². The Bertz CT molecular complexity index is 602. The highest BCUT2D eigenvalue weighted by atomic mass is 16.5. The van der Waals surface area contributed by atoms with Crippen LogP contribution in [0.1, 0.15) is 11.1 Å². The van der Waals surface area contributed by atoms with E-state index < -0.39 is 0 Å². The molecular weight excluding hydrogens is 266 g/mol. The van der Waals surface area contributed by atoms with E-state index in [-0.39, 0.29) is 6.04 Å². The van der Waals surface area contributed by atoms with Crippen LogP contribution in [0.15, 0.2) is 36.5 Å². The molecule has 21 heavy (non-hydrogen) atoms. The first-order valence-corrected chi connectivity index (χ1v) is 6.79. The lowest BCUT2D eigenvalue weighted by Crippen LogP contribution is -2.25. The highest BCUT2D eigenvalue weighted by molar-refractivity contribution is 5.43. The first-order chi connectivity index (χ1) is 10.1. The van der Waals surface area contributed by atoms with Crippen LogP contribution in [0.5, 0.6) is 11.5 Å². The van der Waals surface area contributed by atoms with Crippen molar-refractivity contribution in [1.29, 1.82) is 0 Å². The van der Waals surface area contributed by atoms with Gasteiger partial charge in [-0.05, 0) is 48.2 Å². The zero-order valence-electron chi connectivity index (χ0n) is 12.4. The molecule has 2 rings (SSSR count). The second-order valence-corrected chi connectivity index (χ2v) is 4.95. The Labute approximate surface area is 124 Å². The summed E-state index contributed by atoms with van der Waals surface area (Å²) in [7, 11) is 3.25. The number of nitrogens with two attached hydrogens (primary N) is 2. The molecule has 0 fully saturated rings. The van der Waals surface area contributed by atoms with Gasteiger partial charge in [0, 0.05) is 12.2 Å². The van der Waals surface area contributed by atoms with Crippen LogP contribution in [-0.4, -0.2) is 25.2 Å². The number of pyridine rings is 1. The van der Waals surface area contributed by atoms with Crippen molar-refractivity contribution in [1.82, 2.24) is 4.98 Å². The second-order valence-electron chi connectivity index (χ2n) is 4.95. The first kappa shape index (κ1) is 15.1. The average Bonchev–Trinajstić information content (AvgIpc) is 2.47. The molecule has 1 unspecified atom stereocenters. The van der Waals surface area contributed by atoms with E-state index in [1.807, 2.05) is 30.3 Å². The fourth-order valence-corrected chi connectivity index (χ4v) is 2.31. The van der Waals surface area contributed by atoms with Gasteiger partial charge in [-0.3, -0.25) is 0 Å². The molecule has 2 aromatic rings. The SMILES string of the molecule is COc1ccc(CC(N)Cc2ccnc(N)c2)cc1OC. The maximum Gasteiger partial charge on any atom is 0.160 e. The van der Waals surface area contributed by atoms with Crippen molar-refractivity contribution < 1.29 is 9.47 Å². The van der Waals surface area contributed by atoms with Crippen molar-refractivity contribution >= 4 is 5.82 Å². The standard InChI is InChI=1S/C16H21N3O2/c1-20-14-4-3-11(9-15(14)21-2)7-13(17)8-12-5-6-19-16(18)10-12/h3-6,9-10,13H,7-8,17H2,1-2H3,(H2,18,19). The van der Waals surface area contributed by atoms with E-state index in [0.717, 1.165) is 35.5 Å². The predicted octanol–water partition coefficient (Wildman–Crippen LogP) is 1.79. The summed E-state index contributed by atoms with van der Waals surface area (Å²) in [5.74, 6) is 1.96. The van der Waals surface area contributed by atoms with E-state index in [0.29, 0.717) is 5.82 Å². The van der Waals surface area contributed by atoms with Gasteiger partial charge in [0.15, 0.2) is 11.5 Å². The Morgan fingerprint density at radius 1 is 1.00 bits per heavy atom. The van der Waals surface area contributed by atoms with Crippen LogP contribution in [-0.2, 0) is 12.8 Å². The summed E-state index contributed by atoms with van der Waals surface area (Å²) >= 11 is 0. The molecule has 5 heteroatoms. The van der Waals surface area contributed by atoms with Crippen molar-refractivity contribution in [3.05, 3.63) is 47.7 Å². The Hall–Kier alpha value is -2.27. The molecule has 0 radical (unpaired) electrons. The lowest BCUT2D eigenvalue weighted by Gasteiger charge is -2.14. The fourth-order valence-electron chi connectivity index (χ4n) is 2.31. The number of aromatic nitrogens is 1. The van der Waals surface area contributed by atoms with Gasteiger partial charge in [-0.1, -0.05) is 6.07 Å². The van der Waals surface area contributed by atoms with E-state index in [1.54, 1.807) is 20.4 Å². The number of nitrogen functional groups attached to an aromatic ring is 1. The normalized spacial score (nSPS) is 12.0. The quantitative estimate of drug-likeness (QED) is 0.846. The fraction of sp³-hybridized carbons (Fsp3) is 0.312. The molecule has 0 saturated heterocycles. The molecule has 0 spiro atoms. The van der Waals surface area contributed by atoms with Gasteiger partial charge in [0.05, 0.1) is 14.2 Å². The molecule has 0 saturated carbocycles. The maximum absolute atomic E-state index is 6.22. The molecule has 0 aliphatic heterocycles. The third-order valence-electron chi connectivity index (χ3n) is 3.29. The highest BCUT2D eigenvalue weighted by Gasteiger charge is 2.09. The van der Waals surface area contributed by atoms with Gasteiger partial charge >= 0.3 is 0 Å². The van der Waals surface area contributed by atoms with Gasteiger partial charge in [0.1, 0.15) is 5.82 Å². The number of methoxy groups -OCH3 is 2. The van der Waals surface area contributed by atoms with E-state index in [2.05, 4.69) is 4.98 Å². The second kappa shape index (κ2) is 6.95. The van der Waals surface area contributed by atoms with Crippen LogP contribution >= 0.6 is 0 Å². The number of hydrogen-bond donors (Lipinski definition) is 2. The molecule has 1 atom stereocenters. The lowest BCUT2D eigenvalue weighted by atomic mass is 10.00. The number of anilines is 1. The Kier molecular flexibility index (Phi) is 5.00. The first-order valence-electron chi connectivity index (χ1n) is 6.79. The summed E-state index contributed by atoms with van der Waals surface area (Å²) in [6, 6.07) is 9.65. The van der Waals surface area contributed by atoms with E-state index in [1.165, 1.54) is 0 Å². The molecular formula is C16H21N3O2. The largest absolute Gasteiger partial charge is 0.493 e. The maximum atomic E-state index is 6.22. The van der Waals surface area contributed by atoms with Crippen molar-refractivity contribution in [3.63, 3.8) is 0 Å². The Balaban J connectivity index is 2.04. The smallest absolute Gasteiger partial charge is 0.160 e. The Morgan fingerprint density at radius 3 is 2.29 bits per heavy atom. The Morgan fingerprint density at radius 2 is 1.67 bits per heavy atom. The molecule has 0 bridgehead atoms. The van der Waals surface area contributed by atoms with E-state index in [9.17, 15) is 0 Å². The van der Waals surface area contributed by atoms with Crippen molar-refractivity contribution in [2.24, 2.45) is 5.73 Å². The number of rotatable bonds is 6. The summed E-state index contributed by atoms with van der Waals surface area (Å²) in [6.45, 7) is 0. The molecule has 1 aromatic carbocycles. The van der Waals surface area contributed by atoms with Crippen molar-refractivity contribution in [2.45, 2.75) is 18.9 Å². The summed E-state index contributed by atoms with van der Waals surface area (Å²) in [5.41, 5.74) is 14.1. The highest BCUT2D eigenvalue weighted by Crippen LogP contribution is 2.28. The number of ether oxygens (including phenoxy) is 2. The minimum absolute atomic E-state index is 0.00454. The van der Waals surface area contributed by atoms with Crippen LogP contribution in [0.3, 0.4) is 0 Å². The third-order valence-corrected chi connectivity index (χ3v) is 3.29. The lowest BCUT2D eigenvalue weighted by molar-refractivity contribution is 0.354. The molecule has 112 valence electrons. The predicted molar refractivity (Wildman–Crippen MR) is 83.6 cm³/mol. The molecule has 0 aliphatic carbocycles. The van der Waals surface area contributed by atoms with Gasteiger partial charge in [-0.2, -0.15) is 0 Å². The number of hydrogen-bond acceptors (Lipinski definition) is 5. The van der Waals surface area contributed by atoms with Gasteiger partial charge in [0.25, 0.3) is 0 Å². The van der Waals surface area contributed by atoms with Gasteiger partial charge in [-0.15, -0.1) is 0 Å². The van der Waals surface area contributed by atoms with Crippen LogP contribution in [0.2, 0.25) is 0 Å². The van der Waals surface area contributed by atoms with Crippen molar-refractivity contribution in [3.8, 4) is 11.5 Å².